The Morgan fingerprint density at radius 2 is 0.543 bits per heavy atom. The monoisotopic (exact) mass is 588 g/mol. The van der Waals surface area contributed by atoms with Crippen molar-refractivity contribution >= 4 is 15.8 Å². The summed E-state index contributed by atoms with van der Waals surface area (Å²) in [7, 11) is 0.135. The van der Waals surface area contributed by atoms with E-state index < -0.39 is 10.2 Å². The predicted molar refractivity (Wildman–Crippen MR) is 156 cm³/mol. The van der Waals surface area contributed by atoms with E-state index in [9.17, 15) is 0 Å². The van der Waals surface area contributed by atoms with E-state index in [4.69, 9.17) is 30.6 Å². The average molecular weight is 589 g/mol. The minimum Gasteiger partial charge on any atom is -0.356 e. The van der Waals surface area contributed by atoms with Crippen molar-refractivity contribution in [2.24, 2.45) is 0 Å². The van der Waals surface area contributed by atoms with E-state index in [2.05, 4.69) is 41.5 Å². The zero-order chi connectivity index (χ0) is 27.0. The van der Waals surface area contributed by atoms with E-state index in [1.165, 1.54) is 77.0 Å². The van der Waals surface area contributed by atoms with Crippen LogP contribution in [0.25, 0.3) is 0 Å². The molecule has 0 spiro atoms. The molecular weight excluding hydrogens is 533 g/mol. The fourth-order valence-corrected chi connectivity index (χ4v) is 9.93. The fraction of sp³-hybridized carbons (Fsp3) is 1.00. The molecule has 0 fully saturated rings. The number of rotatable bonds is 18. The first-order chi connectivity index (χ1) is 16.2. The number of hydrogen-bond acceptors (Lipinski definition) is 6. The maximum atomic E-state index is 8.25. The van der Waals surface area contributed by atoms with Crippen LogP contribution in [0.1, 0.15) is 119 Å². The first kappa shape index (κ1) is 44.7. The van der Waals surface area contributed by atoms with Crippen molar-refractivity contribution in [3.8, 4) is 0 Å². The third-order valence-electron chi connectivity index (χ3n) is 5.30. The van der Waals surface area contributed by atoms with Gasteiger partial charge in [0.15, 0.2) is 0 Å². The van der Waals surface area contributed by atoms with Gasteiger partial charge in [-0.3, -0.25) is 0 Å². The zero-order valence-corrected chi connectivity index (χ0v) is 26.4. The molecule has 0 unspecified atom stereocenters. The van der Waals surface area contributed by atoms with Crippen LogP contribution in [0.4, 0.5) is 0 Å². The fourth-order valence-electron chi connectivity index (χ4n) is 3.31. The summed E-state index contributed by atoms with van der Waals surface area (Å²) in [5.41, 5.74) is 0. The number of hydrogen-bond donors (Lipinski definition) is 0. The van der Waals surface area contributed by atoms with E-state index in [-0.39, 0.29) is 32.3 Å². The Morgan fingerprint density at radius 3 is 0.629 bits per heavy atom. The van der Waals surface area contributed by atoms with Crippen LogP contribution >= 0.6 is 15.8 Å². The standard InChI is InChI=1S/2C12H27P.2NO3.Ni/c2*1-4-7-10-13(11-8-5-2)12-9-6-3;2*2-1(3)4;/h2*4-12H2,1-3H3;;;/q;;2*-1;/p+2. The topological polar surface area (TPSA) is 132 Å². The minimum atomic E-state index is -1.75. The van der Waals surface area contributed by atoms with E-state index in [0.717, 1.165) is 0 Å². The minimum absolute atomic E-state index is 0. The maximum absolute atomic E-state index is 8.25. The van der Waals surface area contributed by atoms with Crippen LogP contribution in [0, 0.1) is 30.6 Å². The van der Waals surface area contributed by atoms with Crippen molar-refractivity contribution in [3.05, 3.63) is 30.6 Å². The third-order valence-corrected chi connectivity index (χ3v) is 11.7. The van der Waals surface area contributed by atoms with Crippen LogP contribution in [0.5, 0.6) is 0 Å². The van der Waals surface area contributed by atoms with Crippen LogP contribution < -0.4 is 0 Å². The summed E-state index contributed by atoms with van der Waals surface area (Å²) >= 11 is 0. The molecule has 0 aliphatic rings. The first-order valence-corrected chi connectivity index (χ1v) is 17.7. The Hall–Kier alpha value is -0.246. The Balaban J connectivity index is -0.000000128. The normalized spacial score (nSPS) is 9.60. The molecule has 0 atom stereocenters. The van der Waals surface area contributed by atoms with Crippen molar-refractivity contribution in [1.29, 1.82) is 0 Å². The summed E-state index contributed by atoms with van der Waals surface area (Å²) in [6.07, 6.45) is 26.8. The summed E-state index contributed by atoms with van der Waals surface area (Å²) in [4.78, 5) is 16.5. The van der Waals surface area contributed by atoms with Gasteiger partial charge in [0.05, 0.1) is 47.1 Å². The van der Waals surface area contributed by atoms with Crippen molar-refractivity contribution in [3.63, 3.8) is 0 Å². The van der Waals surface area contributed by atoms with Crippen molar-refractivity contribution in [1.82, 2.24) is 0 Å². The number of nitrogens with zero attached hydrogens (tertiary/aromatic N) is 2. The third kappa shape index (κ3) is 60.3. The van der Waals surface area contributed by atoms with E-state index in [0.29, 0.717) is 0 Å². The molecule has 0 saturated carbocycles. The molecule has 0 aromatic rings. The van der Waals surface area contributed by atoms with Crippen LogP contribution in [0.15, 0.2) is 0 Å². The van der Waals surface area contributed by atoms with Gasteiger partial charge in [0.1, 0.15) is 0 Å². The molecule has 35 heavy (non-hydrogen) atoms. The largest absolute Gasteiger partial charge is 0.356 e. The Labute approximate surface area is 228 Å². The van der Waals surface area contributed by atoms with Gasteiger partial charge in [0, 0.05) is 32.3 Å². The molecule has 0 aliphatic carbocycles. The Bertz CT molecular complexity index is 332. The first-order valence-electron chi connectivity index (χ1n) is 13.5. The molecule has 0 rings (SSSR count). The molecule has 0 heterocycles. The molecule has 0 radical (unpaired) electrons. The second-order valence-corrected chi connectivity index (χ2v) is 14.6. The van der Waals surface area contributed by atoms with E-state index in [1.807, 2.05) is 0 Å². The summed E-state index contributed by atoms with van der Waals surface area (Å²) in [6, 6.07) is 0. The molecule has 0 bridgehead atoms. The van der Waals surface area contributed by atoms with Gasteiger partial charge < -0.3 is 30.6 Å². The van der Waals surface area contributed by atoms with Gasteiger partial charge in [-0.1, -0.05) is 80.1 Å². The molecule has 8 nitrogen and oxygen atoms in total. The molecule has 0 aromatic heterocycles. The van der Waals surface area contributed by atoms with Crippen LogP contribution in [-0.4, -0.2) is 47.1 Å². The molecule has 0 aliphatic heterocycles. The smallest absolute Gasteiger partial charge is 0.0689 e. The molecule has 0 saturated heterocycles. The summed E-state index contributed by atoms with van der Waals surface area (Å²) in [5.74, 6) is 0. The quantitative estimate of drug-likeness (QED) is 0.0680. The van der Waals surface area contributed by atoms with Crippen LogP contribution in [-0.2, 0) is 16.5 Å². The number of unbranched alkanes of at least 4 members (excludes halogenated alkanes) is 6. The second kappa shape index (κ2) is 40.9. The molecule has 0 amide bonds. The Morgan fingerprint density at radius 1 is 0.429 bits per heavy atom. The van der Waals surface area contributed by atoms with E-state index in [1.54, 1.807) is 37.0 Å². The van der Waals surface area contributed by atoms with Gasteiger partial charge in [0.25, 0.3) is 0 Å². The zero-order valence-electron chi connectivity index (χ0n) is 23.4. The predicted octanol–water partition coefficient (Wildman–Crippen LogP) is 8.72. The summed E-state index contributed by atoms with van der Waals surface area (Å²) < 4.78 is 0. The summed E-state index contributed by atoms with van der Waals surface area (Å²) in [6.45, 7) is 13.9. The van der Waals surface area contributed by atoms with Crippen molar-refractivity contribution in [2.45, 2.75) is 119 Å². The molecule has 218 valence electrons. The molecule has 0 N–H and O–H groups in total. The van der Waals surface area contributed by atoms with Gasteiger partial charge in [-0.25, -0.2) is 0 Å². The molecule has 0 aromatic carbocycles. The van der Waals surface area contributed by atoms with E-state index >= 15 is 0 Å². The second-order valence-electron chi connectivity index (χ2n) is 8.57. The van der Waals surface area contributed by atoms with Gasteiger partial charge in [-0.2, -0.15) is 0 Å². The van der Waals surface area contributed by atoms with Gasteiger partial charge >= 0.3 is 0 Å². The average Bonchev–Trinajstić information content (AvgIpc) is 2.78. The van der Waals surface area contributed by atoms with Gasteiger partial charge in [-0.05, 0) is 38.5 Å². The van der Waals surface area contributed by atoms with Crippen molar-refractivity contribution in [2.75, 3.05) is 37.0 Å². The summed E-state index contributed by atoms with van der Waals surface area (Å²) in [5, 5.41) is 29.5. The molecular formula is C24H56N2NiO6P2. The Kier molecular flexibility index (Phi) is 52.3. The van der Waals surface area contributed by atoms with Gasteiger partial charge in [-0.15, -0.1) is 0 Å². The molecule has 11 heteroatoms. The van der Waals surface area contributed by atoms with Gasteiger partial charge in [0.2, 0.25) is 0 Å². The SMILES string of the molecule is CCCC[PH+](CCCC)CCCC.CCCC[PH+](CCCC)CCCC.O=[N+]([O-])[O-].O=[N+]([O-])[O-].[Ni]. The van der Waals surface area contributed by atoms with Crippen LogP contribution in [0.3, 0.4) is 0 Å². The van der Waals surface area contributed by atoms with Crippen LogP contribution in [0.2, 0.25) is 0 Å². The van der Waals surface area contributed by atoms with Crippen molar-refractivity contribution < 1.29 is 26.7 Å². The maximum Gasteiger partial charge on any atom is 0.0689 e.